The van der Waals surface area contributed by atoms with E-state index >= 15 is 0 Å². The summed E-state index contributed by atoms with van der Waals surface area (Å²) in [6.07, 6.45) is 3.06. The standard InChI is InChI=1S/C16H27N3O3/c1-11-5-8-14(22-11)16(2,21)10-17-15(20)18-12-6-7-13(9-12)19(3)4/h5,8,12-13,21H,6-7,9-10H2,1-4H3,(H2,17,18,20). The van der Waals surface area contributed by atoms with Gasteiger partial charge in [0.25, 0.3) is 0 Å². The minimum atomic E-state index is -1.21. The van der Waals surface area contributed by atoms with Gasteiger partial charge in [0, 0.05) is 12.1 Å². The van der Waals surface area contributed by atoms with E-state index in [4.69, 9.17) is 4.42 Å². The number of rotatable bonds is 5. The van der Waals surface area contributed by atoms with Gasteiger partial charge in [-0.3, -0.25) is 0 Å². The number of urea groups is 1. The molecule has 1 fully saturated rings. The van der Waals surface area contributed by atoms with Crippen LogP contribution in [0.25, 0.3) is 0 Å². The molecule has 1 aliphatic carbocycles. The minimum absolute atomic E-state index is 0.107. The van der Waals surface area contributed by atoms with Gasteiger partial charge in [0.1, 0.15) is 17.1 Å². The Labute approximate surface area is 131 Å². The summed E-state index contributed by atoms with van der Waals surface area (Å²) in [5, 5.41) is 16.1. The number of hydrogen-bond donors (Lipinski definition) is 3. The fraction of sp³-hybridized carbons (Fsp3) is 0.688. The molecule has 1 aliphatic rings. The third-order valence-corrected chi connectivity index (χ3v) is 4.33. The quantitative estimate of drug-likeness (QED) is 0.771. The van der Waals surface area contributed by atoms with Gasteiger partial charge in [-0.1, -0.05) is 0 Å². The summed E-state index contributed by atoms with van der Waals surface area (Å²) in [6, 6.07) is 4.01. The Hall–Kier alpha value is -1.53. The monoisotopic (exact) mass is 309 g/mol. The summed E-state index contributed by atoms with van der Waals surface area (Å²) < 4.78 is 5.43. The van der Waals surface area contributed by atoms with Crippen molar-refractivity contribution in [2.45, 2.75) is 50.8 Å². The lowest BCUT2D eigenvalue weighted by molar-refractivity contribution is 0.0359. The Morgan fingerprint density at radius 2 is 2.18 bits per heavy atom. The molecule has 2 rings (SSSR count). The highest BCUT2D eigenvalue weighted by Gasteiger charge is 2.29. The maximum atomic E-state index is 12.0. The number of carbonyl (C=O) groups excluding carboxylic acids is 1. The van der Waals surface area contributed by atoms with E-state index in [1.807, 2.05) is 6.92 Å². The predicted molar refractivity (Wildman–Crippen MR) is 84.7 cm³/mol. The van der Waals surface area contributed by atoms with Gasteiger partial charge >= 0.3 is 6.03 Å². The number of aliphatic hydroxyl groups is 1. The summed E-state index contributed by atoms with van der Waals surface area (Å²) >= 11 is 0. The van der Waals surface area contributed by atoms with Crippen LogP contribution in [0.5, 0.6) is 0 Å². The first kappa shape index (κ1) is 16.8. The number of aryl methyl sites for hydroxylation is 1. The molecule has 0 saturated heterocycles. The van der Waals surface area contributed by atoms with E-state index < -0.39 is 5.60 Å². The van der Waals surface area contributed by atoms with Gasteiger partial charge in [0.05, 0.1) is 6.54 Å². The van der Waals surface area contributed by atoms with Crippen molar-refractivity contribution in [3.8, 4) is 0 Å². The van der Waals surface area contributed by atoms with Crippen molar-refractivity contribution in [3.05, 3.63) is 23.7 Å². The van der Waals surface area contributed by atoms with Crippen LogP contribution in [0.4, 0.5) is 4.79 Å². The average molecular weight is 309 g/mol. The second kappa shape index (κ2) is 6.71. The summed E-state index contributed by atoms with van der Waals surface area (Å²) in [5.74, 6) is 1.19. The van der Waals surface area contributed by atoms with E-state index in [0.717, 1.165) is 25.0 Å². The van der Waals surface area contributed by atoms with Crippen molar-refractivity contribution >= 4 is 6.03 Å². The lowest BCUT2D eigenvalue weighted by atomic mass is 10.0. The normalized spacial score (nSPS) is 24.3. The second-order valence-electron chi connectivity index (χ2n) is 6.64. The van der Waals surface area contributed by atoms with E-state index in [0.29, 0.717) is 11.8 Å². The summed E-state index contributed by atoms with van der Waals surface area (Å²) in [5.41, 5.74) is -1.21. The van der Waals surface area contributed by atoms with Crippen molar-refractivity contribution in [2.75, 3.05) is 20.6 Å². The molecule has 0 bridgehead atoms. The molecule has 1 heterocycles. The molecule has 6 heteroatoms. The maximum absolute atomic E-state index is 12.0. The first-order valence-electron chi connectivity index (χ1n) is 7.78. The number of amides is 2. The zero-order chi connectivity index (χ0) is 16.3. The van der Waals surface area contributed by atoms with Crippen LogP contribution in [0.15, 0.2) is 16.5 Å². The number of nitrogens with zero attached hydrogens (tertiary/aromatic N) is 1. The predicted octanol–water partition coefficient (Wildman–Crippen LogP) is 1.58. The van der Waals surface area contributed by atoms with Crippen LogP contribution in [0, 0.1) is 6.92 Å². The minimum Gasteiger partial charge on any atom is -0.463 e. The molecule has 22 heavy (non-hydrogen) atoms. The Balaban J connectivity index is 1.78. The zero-order valence-electron chi connectivity index (χ0n) is 13.8. The van der Waals surface area contributed by atoms with Crippen molar-refractivity contribution in [1.29, 1.82) is 0 Å². The summed E-state index contributed by atoms with van der Waals surface area (Å²) in [4.78, 5) is 14.2. The van der Waals surface area contributed by atoms with Gasteiger partial charge < -0.3 is 25.1 Å². The van der Waals surface area contributed by atoms with E-state index in [2.05, 4.69) is 29.6 Å². The molecule has 1 saturated carbocycles. The largest absolute Gasteiger partial charge is 0.463 e. The summed E-state index contributed by atoms with van der Waals surface area (Å²) in [7, 11) is 4.13. The molecule has 1 aromatic heterocycles. The molecular weight excluding hydrogens is 282 g/mol. The molecule has 3 atom stereocenters. The van der Waals surface area contributed by atoms with Gasteiger partial charge in [-0.05, 0) is 59.3 Å². The molecule has 6 nitrogen and oxygen atoms in total. The second-order valence-corrected chi connectivity index (χ2v) is 6.64. The van der Waals surface area contributed by atoms with E-state index in [1.165, 1.54) is 0 Å². The lowest BCUT2D eigenvalue weighted by Gasteiger charge is -2.23. The van der Waals surface area contributed by atoms with E-state index in [9.17, 15) is 9.90 Å². The van der Waals surface area contributed by atoms with Crippen molar-refractivity contribution < 1.29 is 14.3 Å². The van der Waals surface area contributed by atoms with Crippen LogP contribution in [-0.4, -0.2) is 48.8 Å². The Bertz CT molecular complexity index is 510. The Morgan fingerprint density at radius 3 is 2.73 bits per heavy atom. The molecule has 2 amide bonds. The van der Waals surface area contributed by atoms with E-state index in [-0.39, 0.29) is 18.6 Å². The number of hydrogen-bond acceptors (Lipinski definition) is 4. The summed E-state index contributed by atoms with van der Waals surface area (Å²) in [6.45, 7) is 3.56. The topological polar surface area (TPSA) is 77.7 Å². The Morgan fingerprint density at radius 1 is 1.45 bits per heavy atom. The number of nitrogens with one attached hydrogen (secondary N) is 2. The molecule has 0 radical (unpaired) electrons. The maximum Gasteiger partial charge on any atom is 0.315 e. The average Bonchev–Trinajstić information content (AvgIpc) is 3.06. The molecule has 124 valence electrons. The Kier molecular flexibility index (Phi) is 5.13. The lowest BCUT2D eigenvalue weighted by Crippen LogP contribution is -2.46. The van der Waals surface area contributed by atoms with Gasteiger partial charge in [0.2, 0.25) is 0 Å². The molecule has 1 aromatic rings. The highest BCUT2D eigenvalue weighted by molar-refractivity contribution is 5.74. The van der Waals surface area contributed by atoms with Crippen molar-refractivity contribution in [3.63, 3.8) is 0 Å². The van der Waals surface area contributed by atoms with Gasteiger partial charge in [-0.25, -0.2) is 4.79 Å². The number of furan rings is 1. The fourth-order valence-corrected chi connectivity index (χ4v) is 2.86. The molecule has 3 N–H and O–H groups in total. The highest BCUT2D eigenvalue weighted by atomic mass is 16.4. The van der Waals surface area contributed by atoms with Crippen molar-refractivity contribution in [1.82, 2.24) is 15.5 Å². The fourth-order valence-electron chi connectivity index (χ4n) is 2.86. The van der Waals surface area contributed by atoms with E-state index in [1.54, 1.807) is 19.1 Å². The van der Waals surface area contributed by atoms with Gasteiger partial charge in [-0.2, -0.15) is 0 Å². The van der Waals surface area contributed by atoms with Gasteiger partial charge in [0.15, 0.2) is 0 Å². The first-order valence-corrected chi connectivity index (χ1v) is 7.78. The third kappa shape index (κ3) is 4.24. The van der Waals surface area contributed by atoms with Crippen LogP contribution in [-0.2, 0) is 5.60 Å². The van der Waals surface area contributed by atoms with Crippen LogP contribution in [0.2, 0.25) is 0 Å². The smallest absolute Gasteiger partial charge is 0.315 e. The zero-order valence-corrected chi connectivity index (χ0v) is 13.8. The molecule has 3 unspecified atom stereocenters. The number of carbonyl (C=O) groups is 1. The molecule has 0 aromatic carbocycles. The van der Waals surface area contributed by atoms with Crippen molar-refractivity contribution in [2.24, 2.45) is 0 Å². The SMILES string of the molecule is Cc1ccc(C(C)(O)CNC(=O)NC2CCC(N(C)C)C2)o1. The molecular formula is C16H27N3O3. The van der Waals surface area contributed by atoms with Crippen LogP contribution in [0.3, 0.4) is 0 Å². The van der Waals surface area contributed by atoms with Crippen LogP contribution < -0.4 is 10.6 Å². The van der Waals surface area contributed by atoms with Crippen LogP contribution in [0.1, 0.15) is 37.7 Å². The highest BCUT2D eigenvalue weighted by Crippen LogP contribution is 2.23. The third-order valence-electron chi connectivity index (χ3n) is 4.33. The molecule has 0 aliphatic heterocycles. The van der Waals surface area contributed by atoms with Gasteiger partial charge in [-0.15, -0.1) is 0 Å². The first-order chi connectivity index (χ1) is 10.3. The van der Waals surface area contributed by atoms with Crippen LogP contribution >= 0.6 is 0 Å². The molecule has 0 spiro atoms.